The number of carbonyl (C=O) groups is 1. The molecule has 0 saturated heterocycles. The van der Waals surface area contributed by atoms with Crippen LogP contribution in [0.2, 0.25) is 10.0 Å². The zero-order chi connectivity index (χ0) is 20.3. The van der Waals surface area contributed by atoms with Gasteiger partial charge in [-0.2, -0.15) is 9.78 Å². The van der Waals surface area contributed by atoms with E-state index in [1.54, 1.807) is 36.1 Å². The molecule has 2 aromatic heterocycles. The van der Waals surface area contributed by atoms with E-state index in [0.717, 1.165) is 5.56 Å². The highest BCUT2D eigenvalue weighted by molar-refractivity contribution is 6.42. The minimum atomic E-state index is -0.564. The molecule has 3 rings (SSSR count). The number of hydrogen-bond acceptors (Lipinski definition) is 5. The number of halogens is 2. The maximum atomic E-state index is 12.1. The number of nitro groups is 1. The van der Waals surface area contributed by atoms with Crippen molar-refractivity contribution in [1.29, 1.82) is 0 Å². The smallest absolute Gasteiger partial charge is 0.358 e. The van der Waals surface area contributed by atoms with Crippen LogP contribution in [-0.2, 0) is 17.9 Å². The van der Waals surface area contributed by atoms with Gasteiger partial charge >= 0.3 is 5.82 Å². The van der Waals surface area contributed by atoms with Gasteiger partial charge in [-0.1, -0.05) is 29.3 Å². The number of aromatic nitrogens is 4. The molecule has 2 heterocycles. The van der Waals surface area contributed by atoms with Crippen LogP contribution in [0.25, 0.3) is 0 Å². The van der Waals surface area contributed by atoms with Crippen molar-refractivity contribution in [3.8, 4) is 0 Å². The molecule has 11 heteroatoms. The Labute approximate surface area is 170 Å². The molecule has 28 heavy (non-hydrogen) atoms. The summed E-state index contributed by atoms with van der Waals surface area (Å²) < 4.78 is 3.10. The molecule has 9 nitrogen and oxygen atoms in total. The summed E-state index contributed by atoms with van der Waals surface area (Å²) in [4.78, 5) is 22.3. The second-order valence-electron chi connectivity index (χ2n) is 6.10. The highest BCUT2D eigenvalue weighted by Crippen LogP contribution is 2.23. The molecule has 1 aromatic carbocycles. The first-order valence-corrected chi connectivity index (χ1v) is 9.02. The Hall–Kier alpha value is -2.91. The van der Waals surface area contributed by atoms with Gasteiger partial charge in [0, 0.05) is 12.6 Å². The third-order valence-electron chi connectivity index (χ3n) is 3.95. The maximum absolute atomic E-state index is 12.1. The standard InChI is InChI=1S/C17H16Cl2N6O3/c1-11-6-16(25(27)28)22-24(11)5-4-17(26)21-13-8-20-23(10-13)9-12-2-3-14(18)15(19)7-12/h2-3,6-8,10H,4-5,9H2,1H3,(H,21,26). The van der Waals surface area contributed by atoms with Crippen molar-refractivity contribution >= 4 is 40.6 Å². The zero-order valence-corrected chi connectivity index (χ0v) is 16.3. The number of hydrogen-bond donors (Lipinski definition) is 1. The molecule has 0 aliphatic heterocycles. The topological polar surface area (TPSA) is 108 Å². The van der Waals surface area contributed by atoms with Crippen LogP contribution in [0.5, 0.6) is 0 Å². The fraction of sp³-hybridized carbons (Fsp3) is 0.235. The van der Waals surface area contributed by atoms with E-state index in [2.05, 4.69) is 15.5 Å². The van der Waals surface area contributed by atoms with Gasteiger partial charge in [-0.05, 0) is 29.5 Å². The predicted molar refractivity (Wildman–Crippen MR) is 105 cm³/mol. The number of carbonyl (C=O) groups excluding carboxylic acids is 1. The van der Waals surface area contributed by atoms with Crippen molar-refractivity contribution in [3.63, 3.8) is 0 Å². The van der Waals surface area contributed by atoms with E-state index < -0.39 is 4.92 Å². The number of amides is 1. The molecule has 0 spiro atoms. The molecular weight excluding hydrogens is 407 g/mol. The number of aryl methyl sites for hydroxylation is 2. The van der Waals surface area contributed by atoms with Gasteiger partial charge in [-0.3, -0.25) is 9.48 Å². The van der Waals surface area contributed by atoms with Crippen LogP contribution >= 0.6 is 23.2 Å². The van der Waals surface area contributed by atoms with E-state index in [0.29, 0.717) is 28.0 Å². The quantitative estimate of drug-likeness (QED) is 0.461. The molecule has 1 N–H and O–H groups in total. The van der Waals surface area contributed by atoms with Crippen LogP contribution in [0.3, 0.4) is 0 Å². The van der Waals surface area contributed by atoms with Gasteiger partial charge in [0.1, 0.15) is 0 Å². The van der Waals surface area contributed by atoms with Gasteiger partial charge < -0.3 is 15.4 Å². The van der Waals surface area contributed by atoms with E-state index in [1.807, 2.05) is 6.07 Å². The number of nitrogens with one attached hydrogen (secondary N) is 1. The molecule has 0 atom stereocenters. The van der Waals surface area contributed by atoms with Crippen LogP contribution in [0.15, 0.2) is 36.7 Å². The second-order valence-corrected chi connectivity index (χ2v) is 6.91. The van der Waals surface area contributed by atoms with E-state index in [4.69, 9.17) is 23.2 Å². The third-order valence-corrected chi connectivity index (χ3v) is 4.69. The highest BCUT2D eigenvalue weighted by Gasteiger charge is 2.16. The van der Waals surface area contributed by atoms with E-state index >= 15 is 0 Å². The molecular formula is C17H16Cl2N6O3. The van der Waals surface area contributed by atoms with Crippen LogP contribution in [0.4, 0.5) is 11.5 Å². The predicted octanol–water partition coefficient (Wildman–Crippen LogP) is 3.68. The minimum absolute atomic E-state index is 0.123. The van der Waals surface area contributed by atoms with Crippen molar-refractivity contribution in [2.75, 3.05) is 5.32 Å². The highest BCUT2D eigenvalue weighted by atomic mass is 35.5. The number of nitrogens with zero attached hydrogens (tertiary/aromatic N) is 5. The lowest BCUT2D eigenvalue weighted by molar-refractivity contribution is -0.389. The molecule has 0 bridgehead atoms. The van der Waals surface area contributed by atoms with Crippen LogP contribution in [0, 0.1) is 17.0 Å². The molecule has 0 saturated carbocycles. The molecule has 1 amide bonds. The molecule has 0 unspecified atom stereocenters. The second kappa shape index (κ2) is 8.41. The largest absolute Gasteiger partial charge is 0.390 e. The lowest BCUT2D eigenvalue weighted by Crippen LogP contribution is -2.15. The van der Waals surface area contributed by atoms with Gasteiger partial charge in [-0.25, -0.2) is 0 Å². The monoisotopic (exact) mass is 422 g/mol. The van der Waals surface area contributed by atoms with Gasteiger partial charge in [-0.15, -0.1) is 0 Å². The fourth-order valence-corrected chi connectivity index (χ4v) is 2.90. The summed E-state index contributed by atoms with van der Waals surface area (Å²) in [7, 11) is 0. The van der Waals surface area contributed by atoms with Crippen molar-refractivity contribution in [3.05, 3.63) is 68.1 Å². The van der Waals surface area contributed by atoms with Crippen LogP contribution in [0.1, 0.15) is 17.7 Å². The van der Waals surface area contributed by atoms with Crippen LogP contribution in [-0.4, -0.2) is 30.4 Å². The molecule has 0 aliphatic rings. The van der Waals surface area contributed by atoms with Crippen molar-refractivity contribution < 1.29 is 9.72 Å². The SMILES string of the molecule is Cc1cc([N+](=O)[O-])nn1CCC(=O)Nc1cnn(Cc2ccc(Cl)c(Cl)c2)c1. The molecule has 3 aromatic rings. The van der Waals surface area contributed by atoms with Gasteiger partial charge in [0.15, 0.2) is 0 Å². The Kier molecular flexibility index (Phi) is 5.96. The normalized spacial score (nSPS) is 10.8. The fourth-order valence-electron chi connectivity index (χ4n) is 2.58. The van der Waals surface area contributed by atoms with E-state index in [1.165, 1.54) is 10.7 Å². The summed E-state index contributed by atoms with van der Waals surface area (Å²) >= 11 is 11.9. The third kappa shape index (κ3) is 4.87. The lowest BCUT2D eigenvalue weighted by Gasteiger charge is -2.04. The van der Waals surface area contributed by atoms with Gasteiger partial charge in [0.25, 0.3) is 0 Å². The Bertz CT molecular complexity index is 1030. The summed E-state index contributed by atoms with van der Waals surface area (Å²) in [6, 6.07) is 6.69. The Morgan fingerprint density at radius 2 is 2.07 bits per heavy atom. The number of benzene rings is 1. The molecule has 146 valence electrons. The Morgan fingerprint density at radius 3 is 2.75 bits per heavy atom. The maximum Gasteiger partial charge on any atom is 0.390 e. The number of rotatable bonds is 7. The summed E-state index contributed by atoms with van der Waals surface area (Å²) in [5, 5.41) is 22.5. The average Bonchev–Trinajstić information content (AvgIpc) is 3.23. The minimum Gasteiger partial charge on any atom is -0.358 e. The summed E-state index contributed by atoms with van der Waals surface area (Å²) in [6.45, 7) is 2.41. The average molecular weight is 423 g/mol. The summed E-state index contributed by atoms with van der Waals surface area (Å²) in [6.07, 6.45) is 3.36. The van der Waals surface area contributed by atoms with Crippen molar-refractivity contribution in [2.24, 2.45) is 0 Å². The first kappa shape index (κ1) is 19.8. The van der Waals surface area contributed by atoms with Crippen molar-refractivity contribution in [1.82, 2.24) is 19.6 Å². The summed E-state index contributed by atoms with van der Waals surface area (Å²) in [5.74, 6) is -0.479. The Morgan fingerprint density at radius 1 is 1.29 bits per heavy atom. The molecule has 0 aliphatic carbocycles. The van der Waals surface area contributed by atoms with Gasteiger partial charge in [0.2, 0.25) is 5.91 Å². The first-order valence-electron chi connectivity index (χ1n) is 8.27. The van der Waals surface area contributed by atoms with E-state index in [9.17, 15) is 14.9 Å². The first-order chi connectivity index (χ1) is 13.3. The zero-order valence-electron chi connectivity index (χ0n) is 14.8. The van der Waals surface area contributed by atoms with E-state index in [-0.39, 0.29) is 24.7 Å². The van der Waals surface area contributed by atoms with Gasteiger partial charge in [0.05, 0.1) is 51.9 Å². The lowest BCUT2D eigenvalue weighted by atomic mass is 10.2. The number of anilines is 1. The molecule has 0 fully saturated rings. The molecule has 0 radical (unpaired) electrons. The van der Waals surface area contributed by atoms with Crippen LogP contribution < -0.4 is 5.32 Å². The van der Waals surface area contributed by atoms with Crippen molar-refractivity contribution in [2.45, 2.75) is 26.4 Å². The Balaban J connectivity index is 1.55. The summed E-state index contributed by atoms with van der Waals surface area (Å²) in [5.41, 5.74) is 2.09.